The highest BCUT2D eigenvalue weighted by Crippen LogP contribution is 2.16. The fourth-order valence-electron chi connectivity index (χ4n) is 0.697. The van der Waals surface area contributed by atoms with E-state index in [1.54, 1.807) is 0 Å². The highest BCUT2D eigenvalue weighted by Gasteiger charge is 2.12. The summed E-state index contributed by atoms with van der Waals surface area (Å²) in [5, 5.41) is 9.48. The average Bonchev–Trinajstić information content (AvgIpc) is 2.34. The van der Waals surface area contributed by atoms with Crippen LogP contribution in [0.15, 0.2) is 16.5 Å². The molecule has 0 aromatic carbocycles. The van der Waals surface area contributed by atoms with Crippen molar-refractivity contribution >= 4 is 22.7 Å². The standard InChI is InChI=1S/C6H4ClNO4/c7-5(9)3-4-1-2-6(12-4)8(10)11/h1-2H,3H2. The molecule has 6 heteroatoms. The predicted molar refractivity (Wildman–Crippen MR) is 39.9 cm³/mol. The molecule has 64 valence electrons. The van der Waals surface area contributed by atoms with E-state index in [1.165, 1.54) is 12.1 Å². The molecule has 0 saturated heterocycles. The van der Waals surface area contributed by atoms with Crippen LogP contribution in [-0.2, 0) is 11.2 Å². The summed E-state index contributed by atoms with van der Waals surface area (Å²) in [7, 11) is 0. The van der Waals surface area contributed by atoms with Crippen molar-refractivity contribution < 1.29 is 14.1 Å². The van der Waals surface area contributed by atoms with Crippen LogP contribution in [0.3, 0.4) is 0 Å². The molecule has 0 bridgehead atoms. The molecular formula is C6H4ClNO4. The van der Waals surface area contributed by atoms with Crippen LogP contribution in [0.5, 0.6) is 0 Å². The van der Waals surface area contributed by atoms with Gasteiger partial charge in [0, 0.05) is 0 Å². The number of furan rings is 1. The molecule has 12 heavy (non-hydrogen) atoms. The van der Waals surface area contributed by atoms with Crippen LogP contribution in [0.1, 0.15) is 5.76 Å². The lowest BCUT2D eigenvalue weighted by molar-refractivity contribution is -0.402. The number of rotatable bonds is 3. The summed E-state index contributed by atoms with van der Waals surface area (Å²) in [6, 6.07) is 2.52. The number of hydrogen-bond donors (Lipinski definition) is 0. The normalized spacial score (nSPS) is 9.75. The number of hydrogen-bond acceptors (Lipinski definition) is 4. The van der Waals surface area contributed by atoms with Crippen molar-refractivity contribution in [2.24, 2.45) is 0 Å². The molecule has 5 nitrogen and oxygen atoms in total. The summed E-state index contributed by atoms with van der Waals surface area (Å²) in [4.78, 5) is 19.7. The summed E-state index contributed by atoms with van der Waals surface area (Å²) in [6.45, 7) is 0. The van der Waals surface area contributed by atoms with Crippen LogP contribution in [0.4, 0.5) is 5.88 Å². The van der Waals surface area contributed by atoms with Gasteiger partial charge in [0.05, 0.1) is 12.5 Å². The maximum absolute atomic E-state index is 10.3. The molecule has 0 saturated carbocycles. The highest BCUT2D eigenvalue weighted by molar-refractivity contribution is 6.63. The predicted octanol–water partition coefficient (Wildman–Crippen LogP) is 1.50. The van der Waals surface area contributed by atoms with Gasteiger partial charge in [0.1, 0.15) is 10.7 Å². The number of halogens is 1. The second-order valence-electron chi connectivity index (χ2n) is 2.03. The third kappa shape index (κ3) is 2.06. The zero-order valence-electron chi connectivity index (χ0n) is 5.82. The van der Waals surface area contributed by atoms with Gasteiger partial charge in [-0.1, -0.05) is 0 Å². The van der Waals surface area contributed by atoms with Gasteiger partial charge in [0.2, 0.25) is 5.24 Å². The Kier molecular flexibility index (Phi) is 2.44. The van der Waals surface area contributed by atoms with E-state index in [2.05, 4.69) is 4.42 Å². The first-order valence-electron chi connectivity index (χ1n) is 3.01. The number of carbonyl (C=O) groups excluding carboxylic acids is 1. The van der Waals surface area contributed by atoms with Gasteiger partial charge in [-0.15, -0.1) is 0 Å². The van der Waals surface area contributed by atoms with Gasteiger partial charge in [-0.3, -0.25) is 14.9 Å². The quantitative estimate of drug-likeness (QED) is 0.410. The molecule has 0 aliphatic rings. The summed E-state index contributed by atoms with van der Waals surface area (Å²) in [6.07, 6.45) is -0.130. The Morgan fingerprint density at radius 2 is 2.33 bits per heavy atom. The van der Waals surface area contributed by atoms with Crippen LogP contribution >= 0.6 is 11.6 Å². The molecule has 0 N–H and O–H groups in total. The fourth-order valence-corrected chi connectivity index (χ4v) is 0.828. The molecule has 0 fully saturated rings. The number of nitrogens with zero attached hydrogens (tertiary/aromatic N) is 1. The van der Waals surface area contributed by atoms with Crippen LogP contribution in [0.25, 0.3) is 0 Å². The van der Waals surface area contributed by atoms with Gasteiger partial charge in [0.25, 0.3) is 0 Å². The third-order valence-electron chi connectivity index (χ3n) is 1.14. The Morgan fingerprint density at radius 1 is 1.67 bits per heavy atom. The maximum Gasteiger partial charge on any atom is 0.433 e. The van der Waals surface area contributed by atoms with E-state index in [9.17, 15) is 14.9 Å². The second kappa shape index (κ2) is 3.36. The molecule has 1 heterocycles. The molecule has 0 radical (unpaired) electrons. The minimum atomic E-state index is -0.678. The van der Waals surface area contributed by atoms with Crippen molar-refractivity contribution in [1.82, 2.24) is 0 Å². The van der Waals surface area contributed by atoms with Crippen molar-refractivity contribution in [2.45, 2.75) is 6.42 Å². The Balaban J connectivity index is 2.77. The van der Waals surface area contributed by atoms with Gasteiger partial charge < -0.3 is 4.42 Å². The van der Waals surface area contributed by atoms with Crippen molar-refractivity contribution in [3.05, 3.63) is 28.0 Å². The van der Waals surface area contributed by atoms with E-state index in [-0.39, 0.29) is 18.1 Å². The summed E-state index contributed by atoms with van der Waals surface area (Å²) in [5.74, 6) is -0.190. The first-order chi connectivity index (χ1) is 5.59. The van der Waals surface area contributed by atoms with Gasteiger partial charge in [-0.2, -0.15) is 0 Å². The van der Waals surface area contributed by atoms with Gasteiger partial charge in [-0.05, 0) is 17.7 Å². The average molecular weight is 190 g/mol. The first-order valence-corrected chi connectivity index (χ1v) is 3.39. The summed E-state index contributed by atoms with van der Waals surface area (Å²) < 4.78 is 4.65. The van der Waals surface area contributed by atoms with Crippen molar-refractivity contribution in [2.75, 3.05) is 0 Å². The van der Waals surface area contributed by atoms with Crippen LogP contribution < -0.4 is 0 Å². The molecule has 1 aromatic heterocycles. The highest BCUT2D eigenvalue weighted by atomic mass is 35.5. The molecule has 1 rings (SSSR count). The van der Waals surface area contributed by atoms with E-state index in [1.807, 2.05) is 0 Å². The minimum absolute atomic E-state index is 0.130. The largest absolute Gasteiger partial charge is 0.433 e. The van der Waals surface area contributed by atoms with E-state index in [4.69, 9.17) is 11.6 Å². The summed E-state index contributed by atoms with van der Waals surface area (Å²) >= 11 is 5.03. The van der Waals surface area contributed by atoms with Crippen molar-refractivity contribution in [3.63, 3.8) is 0 Å². The first kappa shape index (κ1) is 8.73. The Labute approximate surface area is 72.1 Å². The van der Waals surface area contributed by atoms with Crippen molar-refractivity contribution in [1.29, 1.82) is 0 Å². The van der Waals surface area contributed by atoms with Crippen LogP contribution in [0.2, 0.25) is 0 Å². The van der Waals surface area contributed by atoms with Gasteiger partial charge in [0.15, 0.2) is 0 Å². The van der Waals surface area contributed by atoms with Crippen LogP contribution in [0, 0.1) is 10.1 Å². The van der Waals surface area contributed by atoms with Gasteiger partial charge >= 0.3 is 5.88 Å². The molecule has 0 amide bonds. The SMILES string of the molecule is O=C(Cl)Cc1ccc([N+](=O)[O-])o1. The lowest BCUT2D eigenvalue weighted by Gasteiger charge is -1.85. The van der Waals surface area contributed by atoms with E-state index in [0.29, 0.717) is 0 Å². The number of nitro groups is 1. The second-order valence-corrected chi connectivity index (χ2v) is 2.45. The van der Waals surface area contributed by atoms with Crippen LogP contribution in [-0.4, -0.2) is 10.2 Å². The molecule has 1 aromatic rings. The van der Waals surface area contributed by atoms with E-state index in [0.717, 1.165) is 0 Å². The van der Waals surface area contributed by atoms with Gasteiger partial charge in [-0.25, -0.2) is 0 Å². The topological polar surface area (TPSA) is 73.3 Å². The molecule has 0 unspecified atom stereocenters. The maximum atomic E-state index is 10.3. The Morgan fingerprint density at radius 3 is 2.75 bits per heavy atom. The molecular weight excluding hydrogens is 186 g/mol. The molecule has 0 aliphatic carbocycles. The fraction of sp³-hybridized carbons (Fsp3) is 0.167. The van der Waals surface area contributed by atoms with E-state index < -0.39 is 10.2 Å². The number of carbonyl (C=O) groups is 1. The minimum Gasteiger partial charge on any atom is -0.405 e. The van der Waals surface area contributed by atoms with E-state index >= 15 is 0 Å². The Bertz CT molecular complexity index is 319. The van der Waals surface area contributed by atoms with Crippen molar-refractivity contribution in [3.8, 4) is 0 Å². The lowest BCUT2D eigenvalue weighted by atomic mass is 10.3. The smallest absolute Gasteiger partial charge is 0.405 e. The molecule has 0 aliphatic heterocycles. The zero-order valence-corrected chi connectivity index (χ0v) is 6.58. The molecule has 0 spiro atoms. The Hall–Kier alpha value is -1.36. The zero-order chi connectivity index (χ0) is 9.14. The summed E-state index contributed by atoms with van der Waals surface area (Å²) in [5.41, 5.74) is 0. The lowest BCUT2D eigenvalue weighted by Crippen LogP contribution is -1.90. The molecule has 0 atom stereocenters. The monoisotopic (exact) mass is 189 g/mol. The third-order valence-corrected chi connectivity index (χ3v) is 1.27.